The Balaban J connectivity index is 0.734. The van der Waals surface area contributed by atoms with E-state index in [2.05, 4.69) is 43.0 Å². The first kappa shape index (κ1) is 42.2. The Kier molecular flexibility index (Phi) is 13.2. The van der Waals surface area contributed by atoms with Gasteiger partial charge < -0.3 is 39.5 Å². The number of rotatable bonds is 19. The van der Waals surface area contributed by atoms with Crippen LogP contribution in [-0.4, -0.2) is 92.3 Å². The van der Waals surface area contributed by atoms with E-state index in [-0.39, 0.29) is 35.6 Å². The quantitative estimate of drug-likeness (QED) is 0.0677. The summed E-state index contributed by atoms with van der Waals surface area (Å²) >= 11 is 0. The molecular weight excluding hydrogens is 793 g/mol. The third-order valence-corrected chi connectivity index (χ3v) is 11.9. The second-order valence-corrected chi connectivity index (χ2v) is 16.6. The van der Waals surface area contributed by atoms with Crippen molar-refractivity contribution >= 4 is 34.4 Å². The van der Waals surface area contributed by atoms with E-state index < -0.39 is 36.1 Å². The molecule has 5 heterocycles. The number of aromatic nitrogens is 5. The predicted octanol–water partition coefficient (Wildman–Crippen LogP) is 6.32. The summed E-state index contributed by atoms with van der Waals surface area (Å²) in [7, 11) is 2.11. The zero-order valence-electron chi connectivity index (χ0n) is 34.2. The highest BCUT2D eigenvalue weighted by Crippen LogP contribution is 2.36. The van der Waals surface area contributed by atoms with Crippen molar-refractivity contribution < 1.29 is 37.0 Å². The molecular formula is C43H53F2N9O7. The van der Waals surface area contributed by atoms with Gasteiger partial charge in [0.1, 0.15) is 18.3 Å². The maximum absolute atomic E-state index is 14.1. The number of hydrogen-bond donors (Lipinski definition) is 4. The van der Waals surface area contributed by atoms with Gasteiger partial charge in [-0.25, -0.2) is 23.5 Å². The molecule has 0 radical (unpaired) electrons. The molecule has 5 aromatic rings. The Hall–Kier alpha value is -5.46. The van der Waals surface area contributed by atoms with Crippen LogP contribution in [0.5, 0.6) is 0 Å². The molecule has 0 spiro atoms. The first-order valence-electron chi connectivity index (χ1n) is 21.3. The number of oxazole rings is 2. The van der Waals surface area contributed by atoms with Crippen LogP contribution in [0.4, 0.5) is 20.3 Å². The van der Waals surface area contributed by atoms with Gasteiger partial charge in [-0.1, -0.05) is 6.07 Å². The highest BCUT2D eigenvalue weighted by molar-refractivity contribution is 6.03. The van der Waals surface area contributed by atoms with E-state index in [0.29, 0.717) is 54.0 Å². The molecule has 1 saturated heterocycles. The van der Waals surface area contributed by atoms with Crippen molar-refractivity contribution in [3.8, 4) is 11.5 Å². The van der Waals surface area contributed by atoms with Crippen LogP contribution in [0.2, 0.25) is 0 Å². The molecule has 0 bridgehead atoms. The Bertz CT molecular complexity index is 2350. The molecule has 18 heteroatoms. The number of hydrogen-bond acceptors (Lipinski definition) is 12. The third-order valence-electron chi connectivity index (χ3n) is 11.9. The number of amides is 2. The number of anilines is 2. The average molecular weight is 846 g/mol. The summed E-state index contributed by atoms with van der Waals surface area (Å²) in [5.41, 5.74) is 2.16. The lowest BCUT2D eigenvalue weighted by Gasteiger charge is -2.31. The molecule has 4 N–H and O–H groups in total. The molecule has 2 unspecified atom stereocenters. The molecule has 1 aromatic carbocycles. The van der Waals surface area contributed by atoms with Crippen LogP contribution in [-0.2, 0) is 16.0 Å². The van der Waals surface area contributed by atoms with E-state index in [0.717, 1.165) is 70.1 Å². The van der Waals surface area contributed by atoms with Crippen molar-refractivity contribution in [1.82, 2.24) is 34.5 Å². The number of benzene rings is 1. The summed E-state index contributed by atoms with van der Waals surface area (Å²) in [5.74, 6) is 0.602. The number of aliphatic hydroxyl groups is 1. The number of carbonyl (C=O) groups excluding carboxylic acids is 2. The molecule has 2 atom stereocenters. The maximum atomic E-state index is 14.1. The summed E-state index contributed by atoms with van der Waals surface area (Å²) in [6, 6.07) is 8.52. The van der Waals surface area contributed by atoms with Crippen molar-refractivity contribution in [1.29, 1.82) is 0 Å². The largest absolute Gasteiger partial charge is 0.444 e. The summed E-state index contributed by atoms with van der Waals surface area (Å²) in [4.78, 5) is 48.3. The van der Waals surface area contributed by atoms with E-state index >= 15 is 0 Å². The number of fused-ring (bicyclic) bond motifs is 1. The number of pyridine rings is 1. The zero-order valence-corrected chi connectivity index (χ0v) is 34.2. The maximum Gasteiger partial charge on any atom is 0.420 e. The molecule has 61 heavy (non-hydrogen) atoms. The van der Waals surface area contributed by atoms with Crippen molar-refractivity contribution in [3.05, 3.63) is 76.5 Å². The number of nitrogens with zero attached hydrogens (tertiary/aromatic N) is 6. The number of alkyl halides is 2. The normalized spacial score (nSPS) is 20.7. The van der Waals surface area contributed by atoms with E-state index in [9.17, 15) is 28.3 Å². The fourth-order valence-corrected chi connectivity index (χ4v) is 8.41. The number of nitrogens with one attached hydrogen (secondary N) is 3. The standard InChI is InChI=1S/C43H53F2N9O7/c1-52(17-3-19-59-18-2-4-26-9-12-33-35(20-26)61-43(58)54(33)34-13-14-37(55)50-41(34)57)23-28-7-10-30(11-8-28)53-24-31(38(51-53)39(44)45)48-40(56)32-25-60-42(49-32)29-15-16-46-36(21-29)47-22-27-5-6-27/h9,12,15-16,20-21,24-25,27-28,30,34,39,41,57H,2-8,10-11,13-14,17-19,22-23H2,1H3,(H,46,47)(H,48,56)(H,50,55)/t28-,30-,34?,41?. The Morgan fingerprint density at radius 1 is 1.07 bits per heavy atom. The van der Waals surface area contributed by atoms with Gasteiger partial charge in [0.2, 0.25) is 11.8 Å². The molecule has 326 valence electrons. The molecule has 16 nitrogen and oxygen atoms in total. The lowest BCUT2D eigenvalue weighted by atomic mass is 9.86. The highest BCUT2D eigenvalue weighted by Gasteiger charge is 2.32. The lowest BCUT2D eigenvalue weighted by Crippen LogP contribution is -2.47. The van der Waals surface area contributed by atoms with Gasteiger partial charge in [-0.05, 0) is 113 Å². The van der Waals surface area contributed by atoms with Crippen LogP contribution in [0.3, 0.4) is 0 Å². The fraction of sp³-hybridized carbons (Fsp3) is 0.535. The summed E-state index contributed by atoms with van der Waals surface area (Å²) < 4.78 is 48.2. The second kappa shape index (κ2) is 19.1. The number of halogens is 2. The van der Waals surface area contributed by atoms with Crippen molar-refractivity contribution in [2.45, 2.75) is 95.4 Å². The van der Waals surface area contributed by atoms with Gasteiger partial charge in [0.05, 0.1) is 23.3 Å². The molecule has 3 fully saturated rings. The molecule has 1 aliphatic heterocycles. The molecule has 3 aliphatic rings. The Labute approximate surface area is 351 Å². The van der Waals surface area contributed by atoms with Gasteiger partial charge in [0, 0.05) is 57.2 Å². The predicted molar refractivity (Wildman–Crippen MR) is 221 cm³/mol. The van der Waals surface area contributed by atoms with Crippen LogP contribution in [0.1, 0.15) is 104 Å². The van der Waals surface area contributed by atoms with Crippen LogP contribution in [0.15, 0.2) is 62.6 Å². The van der Waals surface area contributed by atoms with Crippen LogP contribution >= 0.6 is 0 Å². The zero-order chi connectivity index (χ0) is 42.5. The molecule has 2 saturated carbocycles. The number of ether oxygens (including phenoxy) is 1. The first-order chi connectivity index (χ1) is 29.6. The monoisotopic (exact) mass is 845 g/mol. The number of carbonyl (C=O) groups is 2. The van der Waals surface area contributed by atoms with E-state index in [1.165, 1.54) is 29.9 Å². The van der Waals surface area contributed by atoms with Gasteiger partial charge in [-0.3, -0.25) is 18.8 Å². The van der Waals surface area contributed by atoms with Gasteiger partial charge in [0.25, 0.3) is 12.3 Å². The minimum absolute atomic E-state index is 0.0310. The molecule has 4 aromatic heterocycles. The van der Waals surface area contributed by atoms with Crippen molar-refractivity contribution in [2.24, 2.45) is 11.8 Å². The van der Waals surface area contributed by atoms with Gasteiger partial charge in [-0.2, -0.15) is 5.10 Å². The summed E-state index contributed by atoms with van der Waals surface area (Å²) in [6.07, 6.45) is 9.26. The van der Waals surface area contributed by atoms with Crippen LogP contribution in [0.25, 0.3) is 22.6 Å². The lowest BCUT2D eigenvalue weighted by molar-refractivity contribution is -0.128. The molecule has 8 rings (SSSR count). The summed E-state index contributed by atoms with van der Waals surface area (Å²) in [6.45, 7) is 3.91. The number of piperidine rings is 1. The fourth-order valence-electron chi connectivity index (χ4n) is 8.41. The van der Waals surface area contributed by atoms with Gasteiger partial charge in [0.15, 0.2) is 17.0 Å². The Morgan fingerprint density at radius 2 is 1.87 bits per heavy atom. The smallest absolute Gasteiger partial charge is 0.420 e. The number of aliphatic hydroxyl groups excluding tert-OH is 1. The molecule has 2 aliphatic carbocycles. The SMILES string of the molecule is CN(CCCOCCCc1ccc2c(c1)oc(=O)n2C1CCC(=O)NC1O)C[C@H]1CC[C@H](n2cc(NC(=O)c3coc(-c4ccnc(NCC5CC5)c4)n3)c(C(F)F)n2)CC1. The average Bonchev–Trinajstić information content (AvgIpc) is 3.60. The van der Waals surface area contributed by atoms with Crippen molar-refractivity contribution in [2.75, 3.05) is 50.5 Å². The van der Waals surface area contributed by atoms with Crippen molar-refractivity contribution in [3.63, 3.8) is 0 Å². The van der Waals surface area contributed by atoms with Crippen LogP contribution < -0.4 is 21.7 Å². The topological polar surface area (TPSA) is 195 Å². The third kappa shape index (κ3) is 10.5. The minimum atomic E-state index is -2.87. The second-order valence-electron chi connectivity index (χ2n) is 16.6. The van der Waals surface area contributed by atoms with Crippen LogP contribution in [0, 0.1) is 11.8 Å². The highest BCUT2D eigenvalue weighted by atomic mass is 19.3. The first-order valence-corrected chi connectivity index (χ1v) is 21.3. The minimum Gasteiger partial charge on any atom is -0.444 e. The summed E-state index contributed by atoms with van der Waals surface area (Å²) in [5, 5.41) is 22.9. The Morgan fingerprint density at radius 3 is 2.66 bits per heavy atom. The van der Waals surface area contributed by atoms with Gasteiger partial charge >= 0.3 is 5.76 Å². The van der Waals surface area contributed by atoms with E-state index in [1.807, 2.05) is 18.2 Å². The van der Waals surface area contributed by atoms with Gasteiger partial charge in [-0.15, -0.1) is 0 Å². The molecule has 2 amide bonds. The van der Waals surface area contributed by atoms with E-state index in [4.69, 9.17) is 13.6 Å². The number of aryl methyl sites for hydroxylation is 1. The van der Waals surface area contributed by atoms with E-state index in [1.54, 1.807) is 23.0 Å².